The molecule has 0 aromatic heterocycles. The first-order valence-corrected chi connectivity index (χ1v) is 6.45. The van der Waals surface area contributed by atoms with E-state index in [1.807, 2.05) is 19.9 Å². The highest BCUT2D eigenvalue weighted by Crippen LogP contribution is 2.41. The van der Waals surface area contributed by atoms with Gasteiger partial charge < -0.3 is 5.11 Å². The highest BCUT2D eigenvalue weighted by atomic mass is 19.1. The van der Waals surface area contributed by atoms with Gasteiger partial charge in [-0.15, -0.1) is 0 Å². The summed E-state index contributed by atoms with van der Waals surface area (Å²) in [6.07, 6.45) is 2.66. The Bertz CT molecular complexity index is 390. The Kier molecular flexibility index (Phi) is 3.53. The van der Waals surface area contributed by atoms with Crippen molar-refractivity contribution < 1.29 is 9.50 Å². The van der Waals surface area contributed by atoms with Crippen LogP contribution >= 0.6 is 0 Å². The van der Waals surface area contributed by atoms with Crippen molar-refractivity contribution in [2.75, 3.05) is 0 Å². The molecule has 2 rings (SSSR count). The molecule has 0 amide bonds. The van der Waals surface area contributed by atoms with E-state index >= 15 is 0 Å². The Morgan fingerprint density at radius 3 is 2.53 bits per heavy atom. The minimum Gasteiger partial charge on any atom is -0.388 e. The Morgan fingerprint density at radius 2 is 2.00 bits per heavy atom. The lowest BCUT2D eigenvalue weighted by Crippen LogP contribution is -2.17. The normalized spacial score (nSPS) is 26.2. The third-order valence-electron chi connectivity index (χ3n) is 4.11. The number of aliphatic hydroxyl groups is 1. The molecule has 0 saturated heterocycles. The monoisotopic (exact) mass is 236 g/mol. The van der Waals surface area contributed by atoms with Gasteiger partial charge in [-0.1, -0.05) is 25.8 Å². The van der Waals surface area contributed by atoms with E-state index in [1.54, 1.807) is 0 Å². The molecule has 1 aliphatic rings. The van der Waals surface area contributed by atoms with E-state index < -0.39 is 6.10 Å². The molecular weight excluding hydrogens is 215 g/mol. The van der Waals surface area contributed by atoms with Crippen molar-refractivity contribution in [3.05, 3.63) is 34.6 Å². The molecule has 0 spiro atoms. The molecule has 1 fully saturated rings. The number of aliphatic hydroxyl groups excluding tert-OH is 1. The maximum absolute atomic E-state index is 14.0. The first kappa shape index (κ1) is 12.6. The summed E-state index contributed by atoms with van der Waals surface area (Å²) < 4.78 is 14.0. The topological polar surface area (TPSA) is 20.2 Å². The van der Waals surface area contributed by atoms with Gasteiger partial charge in [0.25, 0.3) is 0 Å². The van der Waals surface area contributed by atoms with Gasteiger partial charge in [-0.05, 0) is 49.3 Å². The van der Waals surface area contributed by atoms with Gasteiger partial charge in [0.1, 0.15) is 5.82 Å². The van der Waals surface area contributed by atoms with Crippen molar-refractivity contribution in [1.29, 1.82) is 0 Å². The number of aryl methyl sites for hydroxylation is 2. The lowest BCUT2D eigenvalue weighted by Gasteiger charge is -2.24. The van der Waals surface area contributed by atoms with E-state index in [-0.39, 0.29) is 11.7 Å². The predicted molar refractivity (Wildman–Crippen MR) is 67.3 cm³/mol. The van der Waals surface area contributed by atoms with Crippen LogP contribution in [0, 0.1) is 31.5 Å². The molecule has 0 radical (unpaired) electrons. The summed E-state index contributed by atoms with van der Waals surface area (Å²) in [5, 5.41) is 10.4. The smallest absolute Gasteiger partial charge is 0.129 e. The molecule has 1 saturated carbocycles. The Morgan fingerprint density at radius 1 is 1.29 bits per heavy atom. The molecule has 94 valence electrons. The summed E-state index contributed by atoms with van der Waals surface area (Å²) >= 11 is 0. The molecule has 1 aliphatic carbocycles. The van der Waals surface area contributed by atoms with Crippen LogP contribution < -0.4 is 0 Å². The third kappa shape index (κ3) is 2.37. The first-order chi connectivity index (χ1) is 8.00. The van der Waals surface area contributed by atoms with Crippen molar-refractivity contribution in [1.82, 2.24) is 0 Å². The van der Waals surface area contributed by atoms with Gasteiger partial charge in [0.05, 0.1) is 6.10 Å². The molecule has 1 N–H and O–H groups in total. The van der Waals surface area contributed by atoms with Crippen LogP contribution in [-0.4, -0.2) is 5.11 Å². The summed E-state index contributed by atoms with van der Waals surface area (Å²) in [4.78, 5) is 0. The van der Waals surface area contributed by atoms with Crippen LogP contribution in [0.4, 0.5) is 4.39 Å². The molecule has 0 aliphatic heterocycles. The summed E-state index contributed by atoms with van der Waals surface area (Å²) in [7, 11) is 0. The molecule has 1 aromatic rings. The number of hydrogen-bond acceptors (Lipinski definition) is 1. The standard InChI is InChI=1S/C15H21FO/c1-9-7-11(3)14(13(16)8-9)15(17)12-6-4-5-10(12)2/h7-8,10,12,15,17H,4-6H2,1-3H3. The number of benzene rings is 1. The fraction of sp³-hybridized carbons (Fsp3) is 0.600. The van der Waals surface area contributed by atoms with E-state index in [4.69, 9.17) is 0 Å². The van der Waals surface area contributed by atoms with Gasteiger partial charge in [-0.3, -0.25) is 0 Å². The van der Waals surface area contributed by atoms with Gasteiger partial charge in [-0.2, -0.15) is 0 Å². The fourth-order valence-corrected chi connectivity index (χ4v) is 3.16. The Balaban J connectivity index is 2.33. The lowest BCUT2D eigenvalue weighted by atomic mass is 9.86. The van der Waals surface area contributed by atoms with Gasteiger partial charge in [0.15, 0.2) is 0 Å². The van der Waals surface area contributed by atoms with Crippen LogP contribution in [0.25, 0.3) is 0 Å². The quantitative estimate of drug-likeness (QED) is 0.825. The zero-order valence-electron chi connectivity index (χ0n) is 10.8. The maximum Gasteiger partial charge on any atom is 0.129 e. The van der Waals surface area contributed by atoms with Crippen LogP contribution in [0.3, 0.4) is 0 Å². The molecule has 0 bridgehead atoms. The number of rotatable bonds is 2. The fourth-order valence-electron chi connectivity index (χ4n) is 3.16. The molecule has 17 heavy (non-hydrogen) atoms. The largest absolute Gasteiger partial charge is 0.388 e. The van der Waals surface area contributed by atoms with Gasteiger partial charge >= 0.3 is 0 Å². The summed E-state index contributed by atoms with van der Waals surface area (Å²) in [6.45, 7) is 5.92. The number of halogens is 1. The zero-order chi connectivity index (χ0) is 12.6. The first-order valence-electron chi connectivity index (χ1n) is 6.45. The van der Waals surface area contributed by atoms with E-state index in [1.165, 1.54) is 6.07 Å². The van der Waals surface area contributed by atoms with Crippen LogP contribution in [-0.2, 0) is 0 Å². The van der Waals surface area contributed by atoms with E-state index in [0.29, 0.717) is 11.5 Å². The van der Waals surface area contributed by atoms with Crippen molar-refractivity contribution in [3.8, 4) is 0 Å². The van der Waals surface area contributed by atoms with E-state index in [0.717, 1.165) is 30.4 Å². The van der Waals surface area contributed by atoms with Gasteiger partial charge in [0.2, 0.25) is 0 Å². The highest BCUT2D eigenvalue weighted by molar-refractivity contribution is 5.34. The second kappa shape index (κ2) is 4.77. The van der Waals surface area contributed by atoms with Crippen molar-refractivity contribution in [2.45, 2.75) is 46.1 Å². The second-order valence-corrected chi connectivity index (χ2v) is 5.49. The van der Waals surface area contributed by atoms with Crippen molar-refractivity contribution >= 4 is 0 Å². The minimum absolute atomic E-state index is 0.214. The highest BCUT2D eigenvalue weighted by Gasteiger charge is 2.32. The van der Waals surface area contributed by atoms with Gasteiger partial charge in [-0.25, -0.2) is 4.39 Å². The Hall–Kier alpha value is -0.890. The molecule has 1 aromatic carbocycles. The molecule has 0 heterocycles. The summed E-state index contributed by atoms with van der Waals surface area (Å²) in [5.41, 5.74) is 2.29. The summed E-state index contributed by atoms with van der Waals surface area (Å²) in [6, 6.07) is 3.46. The van der Waals surface area contributed by atoms with Gasteiger partial charge in [0, 0.05) is 5.56 Å². The minimum atomic E-state index is -0.645. The van der Waals surface area contributed by atoms with Crippen LogP contribution in [0.2, 0.25) is 0 Å². The molecule has 3 atom stereocenters. The molecule has 3 unspecified atom stereocenters. The predicted octanol–water partition coefficient (Wildman–Crippen LogP) is 3.91. The van der Waals surface area contributed by atoms with Crippen LogP contribution in [0.1, 0.15) is 49.0 Å². The molecular formula is C15H21FO. The van der Waals surface area contributed by atoms with E-state index in [2.05, 4.69) is 6.92 Å². The summed E-state index contributed by atoms with van der Waals surface area (Å²) in [5.74, 6) is 0.449. The average molecular weight is 236 g/mol. The number of hydrogen-bond donors (Lipinski definition) is 1. The maximum atomic E-state index is 14.0. The van der Waals surface area contributed by atoms with Crippen LogP contribution in [0.5, 0.6) is 0 Å². The zero-order valence-corrected chi connectivity index (χ0v) is 10.8. The molecule has 2 heteroatoms. The van der Waals surface area contributed by atoms with E-state index in [9.17, 15) is 9.50 Å². The van der Waals surface area contributed by atoms with Crippen LogP contribution in [0.15, 0.2) is 12.1 Å². The average Bonchev–Trinajstić information content (AvgIpc) is 2.62. The SMILES string of the molecule is Cc1cc(C)c(C(O)C2CCCC2C)c(F)c1. The van der Waals surface area contributed by atoms with Crippen molar-refractivity contribution in [3.63, 3.8) is 0 Å². The van der Waals surface area contributed by atoms with Crippen molar-refractivity contribution in [2.24, 2.45) is 11.8 Å². The second-order valence-electron chi connectivity index (χ2n) is 5.49. The third-order valence-corrected chi connectivity index (χ3v) is 4.11. The Labute approximate surface area is 103 Å². The lowest BCUT2D eigenvalue weighted by molar-refractivity contribution is 0.0860. The molecule has 1 nitrogen and oxygen atoms in total.